The Morgan fingerprint density at radius 1 is 0.196 bits per heavy atom. The van der Waals surface area contributed by atoms with E-state index in [1.165, 1.54) is 76.8 Å². The van der Waals surface area contributed by atoms with Gasteiger partial charge >= 0.3 is 0 Å². The van der Waals surface area contributed by atoms with Crippen molar-refractivity contribution in [1.29, 1.82) is 0 Å². The number of hydrogen-bond donors (Lipinski definition) is 0. The minimum Gasteiger partial charge on any atom is -0.310 e. The van der Waals surface area contributed by atoms with Gasteiger partial charge in [0.2, 0.25) is 0 Å². The van der Waals surface area contributed by atoms with Gasteiger partial charge in [-0.3, -0.25) is 0 Å². The highest BCUT2D eigenvalue weighted by molar-refractivity contribution is 9.10. The van der Waals surface area contributed by atoms with Crippen LogP contribution in [-0.2, 0) is 0 Å². The summed E-state index contributed by atoms with van der Waals surface area (Å²) in [5.74, 6) is 0. The highest BCUT2D eigenvalue weighted by Gasteiger charge is 2.24. The van der Waals surface area contributed by atoms with E-state index in [0.717, 1.165) is 88.4 Å². The number of benzene rings is 15. The molecule has 0 N–H and O–H groups in total. The van der Waals surface area contributed by atoms with Crippen molar-refractivity contribution in [2.75, 3.05) is 19.6 Å². The molecule has 5 nitrogen and oxygen atoms in total. The standard InChI is InChI=1S/C48H32BrN3S.C42H27BrN2S2.2CH4/c49-33-28-39(50(34-14-4-1-5-15-34)37-25-27-48-44(31-37)43-21-11-13-23-47(43)53-48)30-40(29-33)51(35-16-6-2-7-17-35)38-24-26-42-41-20-10-12-22-45(41)52(46(42)32-38)36-18-8-3-9-19-36;43-28-23-33(44(29-11-3-1-4-12-29)31-20-22-41-38(26-31)36-16-8-10-18-40(36)46-41)25-34(24-28)45(30-13-5-2-6-14-30)32-19-21-37-35-15-7-9-17-39(35)47-42(37)27-32;;/h1-32H;1-27H;2*1H4. The van der Waals surface area contributed by atoms with Crippen molar-refractivity contribution >= 4 is 216 Å². The smallest absolute Gasteiger partial charge is 0.0561 e. The molecular formula is C92H67Br2N5S3. The van der Waals surface area contributed by atoms with Crippen molar-refractivity contribution in [3.8, 4) is 5.69 Å². The molecule has 0 bridgehead atoms. The summed E-state index contributed by atoms with van der Waals surface area (Å²) >= 11 is 13.4. The first-order chi connectivity index (χ1) is 49.4. The number of aromatic nitrogens is 1. The van der Waals surface area contributed by atoms with Crippen LogP contribution in [0.2, 0.25) is 0 Å². The monoisotopic (exact) mass is 1500 g/mol. The van der Waals surface area contributed by atoms with E-state index < -0.39 is 0 Å². The molecule has 492 valence electrons. The van der Waals surface area contributed by atoms with Crippen LogP contribution < -0.4 is 19.6 Å². The van der Waals surface area contributed by atoms with E-state index >= 15 is 0 Å². The van der Waals surface area contributed by atoms with E-state index in [9.17, 15) is 0 Å². The molecule has 0 saturated heterocycles. The molecular weight excluding hydrogens is 1430 g/mol. The second kappa shape index (κ2) is 28.2. The Morgan fingerprint density at radius 3 is 0.922 bits per heavy atom. The fourth-order valence-electron chi connectivity index (χ4n) is 14.2. The van der Waals surface area contributed by atoms with Crippen LogP contribution in [0.15, 0.2) is 367 Å². The first-order valence-corrected chi connectivity index (χ1v) is 37.3. The van der Waals surface area contributed by atoms with Crippen LogP contribution in [0, 0.1) is 0 Å². The van der Waals surface area contributed by atoms with Crippen molar-refractivity contribution in [1.82, 2.24) is 4.57 Å². The molecule has 4 aromatic heterocycles. The zero-order chi connectivity index (χ0) is 66.6. The molecule has 19 aromatic rings. The lowest BCUT2D eigenvalue weighted by Crippen LogP contribution is -2.13. The quantitative estimate of drug-likeness (QED) is 0.114. The molecule has 10 heteroatoms. The van der Waals surface area contributed by atoms with Crippen LogP contribution >= 0.6 is 65.9 Å². The first kappa shape index (κ1) is 65.5. The average Bonchev–Trinajstić information content (AvgIpc) is 1.58. The van der Waals surface area contributed by atoms with Gasteiger partial charge in [-0.25, -0.2) is 0 Å². The normalized spacial score (nSPS) is 11.3. The number of rotatable bonds is 13. The Kier molecular flexibility index (Phi) is 18.1. The molecule has 0 saturated carbocycles. The highest BCUT2D eigenvalue weighted by Crippen LogP contribution is 2.49. The maximum Gasteiger partial charge on any atom is 0.0561 e. The Labute approximate surface area is 622 Å². The van der Waals surface area contributed by atoms with Gasteiger partial charge in [0.1, 0.15) is 0 Å². The summed E-state index contributed by atoms with van der Waals surface area (Å²) in [6, 6.07) is 129. The molecule has 4 heterocycles. The van der Waals surface area contributed by atoms with E-state index in [-0.39, 0.29) is 14.9 Å². The number of anilines is 12. The van der Waals surface area contributed by atoms with E-state index in [1.807, 2.05) is 34.0 Å². The summed E-state index contributed by atoms with van der Waals surface area (Å²) in [6.45, 7) is 0. The molecule has 0 amide bonds. The van der Waals surface area contributed by atoms with Crippen LogP contribution in [0.25, 0.3) is 88.0 Å². The molecule has 0 atom stereocenters. The zero-order valence-electron chi connectivity index (χ0n) is 53.8. The summed E-state index contributed by atoms with van der Waals surface area (Å²) in [7, 11) is 0. The lowest BCUT2D eigenvalue weighted by Gasteiger charge is -2.30. The van der Waals surface area contributed by atoms with Crippen molar-refractivity contribution < 1.29 is 0 Å². The maximum atomic E-state index is 3.96. The fourth-order valence-corrected chi connectivity index (χ4v) is 18.5. The molecule has 0 radical (unpaired) electrons. The molecule has 102 heavy (non-hydrogen) atoms. The van der Waals surface area contributed by atoms with Crippen LogP contribution in [-0.4, -0.2) is 4.57 Å². The summed E-state index contributed by atoms with van der Waals surface area (Å²) in [5.41, 5.74) is 16.5. The Balaban J connectivity index is 0.000000156. The van der Waals surface area contributed by atoms with Gasteiger partial charge in [-0.15, -0.1) is 34.0 Å². The predicted octanol–water partition coefficient (Wildman–Crippen LogP) is 30.3. The Morgan fingerprint density at radius 2 is 0.490 bits per heavy atom. The van der Waals surface area contributed by atoms with Gasteiger partial charge in [0.25, 0.3) is 0 Å². The molecule has 0 fully saturated rings. The third kappa shape index (κ3) is 12.2. The number of halogens is 2. The third-order valence-electron chi connectivity index (χ3n) is 18.6. The third-order valence-corrected chi connectivity index (χ3v) is 23.0. The number of hydrogen-bond acceptors (Lipinski definition) is 7. The molecule has 15 aromatic carbocycles. The lowest BCUT2D eigenvalue weighted by molar-refractivity contribution is 1.18. The summed E-state index contributed by atoms with van der Waals surface area (Å²) in [6.07, 6.45) is 0. The van der Waals surface area contributed by atoms with Gasteiger partial charge < -0.3 is 24.2 Å². The highest BCUT2D eigenvalue weighted by atomic mass is 79.9. The van der Waals surface area contributed by atoms with Crippen molar-refractivity contribution in [3.63, 3.8) is 0 Å². The Hall–Kier alpha value is -11.1. The van der Waals surface area contributed by atoms with Gasteiger partial charge in [0, 0.05) is 154 Å². The van der Waals surface area contributed by atoms with Crippen molar-refractivity contribution in [2.24, 2.45) is 0 Å². The second-order valence-corrected chi connectivity index (χ2v) is 29.8. The number of thiophene rings is 3. The first-order valence-electron chi connectivity index (χ1n) is 33.2. The van der Waals surface area contributed by atoms with Gasteiger partial charge in [0.15, 0.2) is 0 Å². The average molecular weight is 1500 g/mol. The van der Waals surface area contributed by atoms with E-state index in [4.69, 9.17) is 0 Å². The van der Waals surface area contributed by atoms with E-state index in [0.29, 0.717) is 0 Å². The molecule has 0 spiro atoms. The zero-order valence-corrected chi connectivity index (χ0v) is 59.4. The minimum absolute atomic E-state index is 0. The minimum atomic E-state index is 0. The van der Waals surface area contributed by atoms with Crippen LogP contribution in [0.1, 0.15) is 14.9 Å². The summed E-state index contributed by atoms with van der Waals surface area (Å²) < 4.78 is 12.2. The number of fused-ring (bicyclic) bond motifs is 12. The Bertz CT molecular complexity index is 6230. The summed E-state index contributed by atoms with van der Waals surface area (Å²) in [5, 5.41) is 10.2. The topological polar surface area (TPSA) is 17.9 Å². The fraction of sp³-hybridized carbons (Fsp3) is 0.0217. The predicted molar refractivity (Wildman–Crippen MR) is 453 cm³/mol. The van der Waals surface area contributed by atoms with Crippen LogP contribution in [0.4, 0.5) is 68.2 Å². The second-order valence-electron chi connectivity index (χ2n) is 24.7. The molecule has 19 rings (SSSR count). The SMILES string of the molecule is Brc1cc(N(c2ccccc2)c2ccc3c(c2)sc2ccccc23)cc(N(c2ccccc2)c2ccc3sc4ccccc4c3c2)c1.Brc1cc(N(c2ccccc2)c2ccc3sc4ccccc4c3c2)cc(N(c2ccccc2)c2ccc3c4ccccc4n(-c4ccccc4)c3c2)c1.C.C. The van der Waals surface area contributed by atoms with Gasteiger partial charge in [-0.1, -0.05) is 223 Å². The molecule has 0 aliphatic carbocycles. The van der Waals surface area contributed by atoms with Crippen molar-refractivity contribution in [3.05, 3.63) is 367 Å². The number of para-hydroxylation sites is 6. The molecule has 0 unspecified atom stereocenters. The largest absolute Gasteiger partial charge is 0.310 e. The van der Waals surface area contributed by atoms with Gasteiger partial charge in [-0.2, -0.15) is 0 Å². The van der Waals surface area contributed by atoms with E-state index in [2.05, 4.69) is 414 Å². The van der Waals surface area contributed by atoms with Crippen LogP contribution in [0.3, 0.4) is 0 Å². The van der Waals surface area contributed by atoms with Gasteiger partial charge in [-0.05, 0) is 182 Å². The van der Waals surface area contributed by atoms with Gasteiger partial charge in [0.05, 0.1) is 11.0 Å². The summed E-state index contributed by atoms with van der Waals surface area (Å²) in [4.78, 5) is 9.44. The lowest BCUT2D eigenvalue weighted by atomic mass is 10.1. The molecule has 0 aliphatic heterocycles. The van der Waals surface area contributed by atoms with E-state index in [1.54, 1.807) is 0 Å². The van der Waals surface area contributed by atoms with Crippen LogP contribution in [0.5, 0.6) is 0 Å². The number of nitrogens with zero attached hydrogens (tertiary/aromatic N) is 5. The molecule has 0 aliphatic rings. The van der Waals surface area contributed by atoms with Crippen molar-refractivity contribution in [2.45, 2.75) is 14.9 Å². The maximum absolute atomic E-state index is 3.96.